The molecule has 0 saturated carbocycles. The highest BCUT2D eigenvalue weighted by molar-refractivity contribution is 6.09. The molecule has 47 heavy (non-hydrogen) atoms. The average Bonchev–Trinajstić information content (AvgIpc) is 3.07. The van der Waals surface area contributed by atoms with Gasteiger partial charge in [0.05, 0.1) is 30.7 Å². The second kappa shape index (κ2) is 20.1. The molecular weight excluding hydrogens is 598 g/mol. The zero-order valence-electron chi connectivity index (χ0n) is 28.5. The number of likely N-dealkylation sites (N-methyl/N-ethyl adjacent to an activating group) is 2. The summed E-state index contributed by atoms with van der Waals surface area (Å²) in [6.07, 6.45) is 1.55. The Bertz CT molecular complexity index is 1440. The Morgan fingerprint density at radius 3 is 2.13 bits per heavy atom. The standard InChI is InChI=1S/C36H49N5O6/c1-7-41(8-2)17-16-40(4)26-29-10-9-11-30(22-29)35(42)38-32-24-34(47-21-19-45-6)33(46-20-18-44-5)23-31(32)36(43)39-37-25-28-14-12-27(3)13-15-28/h9-15,22-25H,7-8,16-21,26H2,1-6H3,(H,38,42)(H,39,43)/b37-25+. The minimum Gasteiger partial charge on any atom is -0.487 e. The third-order valence-corrected chi connectivity index (χ3v) is 7.46. The number of carbonyl (C=O) groups excluding carboxylic acids is 2. The number of methoxy groups -OCH3 is 2. The molecular formula is C36H49N5O6. The summed E-state index contributed by atoms with van der Waals surface area (Å²) in [6.45, 7) is 12.1. The molecule has 2 amide bonds. The zero-order chi connectivity index (χ0) is 34.0. The van der Waals surface area contributed by atoms with Gasteiger partial charge in [-0.1, -0.05) is 55.8 Å². The van der Waals surface area contributed by atoms with Crippen molar-refractivity contribution in [2.24, 2.45) is 5.10 Å². The van der Waals surface area contributed by atoms with Crippen LogP contribution < -0.4 is 20.2 Å². The van der Waals surface area contributed by atoms with Gasteiger partial charge in [-0.25, -0.2) is 5.43 Å². The van der Waals surface area contributed by atoms with Crippen LogP contribution in [0.25, 0.3) is 0 Å². The number of anilines is 1. The SMILES string of the molecule is CCN(CC)CCN(C)Cc1cccc(C(=O)Nc2cc(OCCOC)c(OCCOC)cc2C(=O)N/N=C/c2ccc(C)cc2)c1. The van der Waals surface area contributed by atoms with E-state index in [4.69, 9.17) is 18.9 Å². The third kappa shape index (κ3) is 12.4. The van der Waals surface area contributed by atoms with E-state index in [9.17, 15) is 9.59 Å². The fraction of sp³-hybridized carbons (Fsp3) is 0.417. The van der Waals surface area contributed by atoms with E-state index in [1.165, 1.54) is 6.07 Å². The zero-order valence-corrected chi connectivity index (χ0v) is 28.5. The summed E-state index contributed by atoms with van der Waals surface area (Å²) >= 11 is 0. The first-order chi connectivity index (χ1) is 22.8. The number of hydrogen-bond donors (Lipinski definition) is 2. The number of nitrogens with zero attached hydrogens (tertiary/aromatic N) is 3. The van der Waals surface area contributed by atoms with Gasteiger partial charge in [-0.2, -0.15) is 5.10 Å². The molecule has 0 aromatic heterocycles. The number of hydrogen-bond acceptors (Lipinski definition) is 9. The maximum absolute atomic E-state index is 13.6. The van der Waals surface area contributed by atoms with Crippen molar-refractivity contribution in [2.45, 2.75) is 27.3 Å². The Labute approximate surface area is 278 Å². The molecule has 11 nitrogen and oxygen atoms in total. The molecule has 0 heterocycles. The predicted molar refractivity (Wildman–Crippen MR) is 186 cm³/mol. The molecule has 0 aliphatic rings. The minimum atomic E-state index is -0.535. The van der Waals surface area contributed by atoms with E-state index in [1.54, 1.807) is 32.6 Å². The van der Waals surface area contributed by atoms with Crippen molar-refractivity contribution in [1.29, 1.82) is 0 Å². The third-order valence-electron chi connectivity index (χ3n) is 7.46. The lowest BCUT2D eigenvalue weighted by molar-refractivity contribution is 0.0955. The van der Waals surface area contributed by atoms with E-state index in [-0.39, 0.29) is 30.4 Å². The molecule has 0 bridgehead atoms. The number of carbonyl (C=O) groups is 2. The Hall–Kier alpha value is -4.29. The maximum Gasteiger partial charge on any atom is 0.273 e. The first-order valence-corrected chi connectivity index (χ1v) is 15.9. The summed E-state index contributed by atoms with van der Waals surface area (Å²) in [7, 11) is 5.22. The largest absolute Gasteiger partial charge is 0.487 e. The van der Waals surface area contributed by atoms with Crippen LogP contribution >= 0.6 is 0 Å². The van der Waals surface area contributed by atoms with Crippen molar-refractivity contribution < 1.29 is 28.5 Å². The van der Waals surface area contributed by atoms with Gasteiger partial charge in [0.2, 0.25) is 0 Å². The summed E-state index contributed by atoms with van der Waals surface area (Å²) < 4.78 is 22.1. The Balaban J connectivity index is 1.87. The Morgan fingerprint density at radius 1 is 0.830 bits per heavy atom. The number of benzene rings is 3. The van der Waals surface area contributed by atoms with E-state index in [1.807, 2.05) is 49.4 Å². The summed E-state index contributed by atoms with van der Waals surface area (Å²) in [6, 6.07) is 18.3. The Morgan fingerprint density at radius 2 is 1.49 bits per heavy atom. The summed E-state index contributed by atoms with van der Waals surface area (Å²) in [4.78, 5) is 31.7. The molecule has 0 aliphatic carbocycles. The Kier molecular flexibility index (Phi) is 15.9. The summed E-state index contributed by atoms with van der Waals surface area (Å²) in [5.74, 6) is -0.242. The minimum absolute atomic E-state index is 0.151. The molecule has 0 fully saturated rings. The molecule has 254 valence electrons. The van der Waals surface area contributed by atoms with E-state index in [0.717, 1.165) is 42.9 Å². The van der Waals surface area contributed by atoms with Crippen molar-refractivity contribution in [1.82, 2.24) is 15.2 Å². The van der Waals surface area contributed by atoms with Crippen LogP contribution in [0.15, 0.2) is 65.8 Å². The number of ether oxygens (including phenoxy) is 4. The van der Waals surface area contributed by atoms with Crippen molar-refractivity contribution >= 4 is 23.7 Å². The molecule has 0 saturated heterocycles. The molecule has 0 unspecified atom stereocenters. The number of aryl methyl sites for hydroxylation is 1. The van der Waals surface area contributed by atoms with Crippen LogP contribution in [0.3, 0.4) is 0 Å². The molecule has 2 N–H and O–H groups in total. The lowest BCUT2D eigenvalue weighted by Crippen LogP contribution is -2.32. The van der Waals surface area contributed by atoms with E-state index in [0.29, 0.717) is 36.8 Å². The maximum atomic E-state index is 13.6. The summed E-state index contributed by atoms with van der Waals surface area (Å²) in [5.41, 5.74) is 6.38. The fourth-order valence-corrected chi connectivity index (χ4v) is 4.67. The molecule has 3 aromatic carbocycles. The van der Waals surface area contributed by atoms with E-state index in [2.05, 4.69) is 46.5 Å². The van der Waals surface area contributed by atoms with Crippen LogP contribution in [0.1, 0.15) is 51.3 Å². The molecule has 3 aromatic rings. The molecule has 0 radical (unpaired) electrons. The van der Waals surface area contributed by atoms with Crippen LogP contribution in [-0.2, 0) is 16.0 Å². The second-order valence-electron chi connectivity index (χ2n) is 11.1. The van der Waals surface area contributed by atoms with Crippen LogP contribution in [-0.4, -0.2) is 102 Å². The van der Waals surface area contributed by atoms with Gasteiger partial charge in [0, 0.05) is 45.5 Å². The number of amides is 2. The van der Waals surface area contributed by atoms with Crippen LogP contribution in [0.5, 0.6) is 11.5 Å². The normalized spacial score (nSPS) is 11.3. The monoisotopic (exact) mass is 647 g/mol. The molecule has 0 spiro atoms. The van der Waals surface area contributed by atoms with E-state index < -0.39 is 5.91 Å². The summed E-state index contributed by atoms with van der Waals surface area (Å²) in [5, 5.41) is 7.06. The van der Waals surface area contributed by atoms with Crippen molar-refractivity contribution in [3.05, 3.63) is 88.5 Å². The highest BCUT2D eigenvalue weighted by Gasteiger charge is 2.20. The van der Waals surface area contributed by atoms with Crippen LogP contribution in [0.4, 0.5) is 5.69 Å². The predicted octanol–water partition coefficient (Wildman–Crippen LogP) is 4.84. The van der Waals surface area contributed by atoms with Gasteiger partial charge in [-0.3, -0.25) is 9.59 Å². The van der Waals surface area contributed by atoms with Gasteiger partial charge < -0.3 is 34.1 Å². The molecule has 0 aliphatic heterocycles. The first kappa shape index (κ1) is 37.2. The second-order valence-corrected chi connectivity index (χ2v) is 11.1. The van der Waals surface area contributed by atoms with Gasteiger partial charge in [0.1, 0.15) is 13.2 Å². The topological polar surface area (TPSA) is 114 Å². The van der Waals surface area contributed by atoms with Gasteiger partial charge in [0.25, 0.3) is 11.8 Å². The number of nitrogens with one attached hydrogen (secondary N) is 2. The average molecular weight is 648 g/mol. The molecule has 0 atom stereocenters. The quantitative estimate of drug-likeness (QED) is 0.102. The fourth-order valence-electron chi connectivity index (χ4n) is 4.67. The van der Waals surface area contributed by atoms with Crippen molar-refractivity contribution in [3.63, 3.8) is 0 Å². The lowest BCUT2D eigenvalue weighted by atomic mass is 10.1. The number of hydrazone groups is 1. The van der Waals surface area contributed by atoms with Crippen LogP contribution in [0.2, 0.25) is 0 Å². The van der Waals surface area contributed by atoms with Crippen LogP contribution in [0, 0.1) is 6.92 Å². The lowest BCUT2D eigenvalue weighted by Gasteiger charge is -2.23. The smallest absolute Gasteiger partial charge is 0.273 e. The van der Waals surface area contributed by atoms with Crippen molar-refractivity contribution in [3.8, 4) is 11.5 Å². The van der Waals surface area contributed by atoms with Gasteiger partial charge in [-0.15, -0.1) is 0 Å². The highest BCUT2D eigenvalue weighted by Crippen LogP contribution is 2.34. The molecule has 3 rings (SSSR count). The molecule has 11 heteroatoms. The van der Waals surface area contributed by atoms with Gasteiger partial charge >= 0.3 is 0 Å². The van der Waals surface area contributed by atoms with Gasteiger partial charge in [0.15, 0.2) is 11.5 Å². The van der Waals surface area contributed by atoms with E-state index >= 15 is 0 Å². The first-order valence-electron chi connectivity index (χ1n) is 15.9. The number of rotatable bonds is 20. The van der Waals surface area contributed by atoms with Crippen molar-refractivity contribution in [2.75, 3.05) is 79.2 Å². The highest BCUT2D eigenvalue weighted by atomic mass is 16.5. The van der Waals surface area contributed by atoms with Gasteiger partial charge in [-0.05, 0) is 56.4 Å².